The van der Waals surface area contributed by atoms with Gasteiger partial charge in [-0.1, -0.05) is 30.3 Å². The molecule has 0 unspecified atom stereocenters. The van der Waals surface area contributed by atoms with Crippen LogP contribution in [0.2, 0.25) is 0 Å². The fourth-order valence-electron chi connectivity index (χ4n) is 3.09. The third-order valence-corrected chi connectivity index (χ3v) is 4.36. The number of carbonyl (C=O) groups is 1. The summed E-state index contributed by atoms with van der Waals surface area (Å²) in [6.45, 7) is 2.52. The number of fused-ring (bicyclic) bond motifs is 1. The Labute approximate surface area is 137 Å². The van der Waals surface area contributed by atoms with E-state index < -0.39 is 0 Å². The first-order chi connectivity index (χ1) is 11.2. The first-order valence-electron chi connectivity index (χ1n) is 7.96. The number of anilines is 2. The number of carbonyl (C=O) groups excluding carboxylic acids is 1. The van der Waals surface area contributed by atoms with E-state index in [0.717, 1.165) is 12.8 Å². The van der Waals surface area contributed by atoms with Gasteiger partial charge in [0, 0.05) is 11.7 Å². The summed E-state index contributed by atoms with van der Waals surface area (Å²) >= 11 is 0. The molecule has 0 aromatic heterocycles. The average Bonchev–Trinajstić information content (AvgIpc) is 2.58. The van der Waals surface area contributed by atoms with E-state index in [1.54, 1.807) is 7.11 Å². The molecule has 0 saturated carbocycles. The molecule has 1 aliphatic rings. The Balaban J connectivity index is 1.75. The van der Waals surface area contributed by atoms with Gasteiger partial charge in [0.15, 0.2) is 0 Å². The van der Waals surface area contributed by atoms with E-state index in [2.05, 4.69) is 35.3 Å². The van der Waals surface area contributed by atoms with Crippen LogP contribution in [-0.2, 0) is 11.2 Å². The summed E-state index contributed by atoms with van der Waals surface area (Å²) in [5, 5.41) is 2.95. The van der Waals surface area contributed by atoms with Crippen molar-refractivity contribution in [3.05, 3.63) is 54.1 Å². The van der Waals surface area contributed by atoms with Crippen LogP contribution in [0.1, 0.15) is 18.9 Å². The molecule has 3 rings (SSSR count). The lowest BCUT2D eigenvalue weighted by Gasteiger charge is -2.36. The average molecular weight is 310 g/mol. The monoisotopic (exact) mass is 310 g/mol. The molecule has 0 saturated heterocycles. The van der Waals surface area contributed by atoms with Crippen LogP contribution >= 0.6 is 0 Å². The molecule has 1 amide bonds. The van der Waals surface area contributed by atoms with Crippen molar-refractivity contribution in [1.82, 2.24) is 0 Å². The molecule has 1 atom stereocenters. The van der Waals surface area contributed by atoms with E-state index in [1.807, 2.05) is 30.3 Å². The Morgan fingerprint density at radius 3 is 2.78 bits per heavy atom. The second kappa shape index (κ2) is 6.73. The van der Waals surface area contributed by atoms with E-state index in [-0.39, 0.29) is 5.91 Å². The molecule has 120 valence electrons. The molecule has 2 aromatic carbocycles. The predicted octanol–water partition coefficient (Wildman–Crippen LogP) is 3.48. The van der Waals surface area contributed by atoms with Gasteiger partial charge in [0.2, 0.25) is 5.91 Å². The van der Waals surface area contributed by atoms with Crippen molar-refractivity contribution in [2.24, 2.45) is 0 Å². The van der Waals surface area contributed by atoms with Crippen molar-refractivity contribution >= 4 is 17.3 Å². The van der Waals surface area contributed by atoms with Crippen LogP contribution in [0.3, 0.4) is 0 Å². The van der Waals surface area contributed by atoms with Crippen LogP contribution in [0.4, 0.5) is 11.4 Å². The molecule has 0 radical (unpaired) electrons. The van der Waals surface area contributed by atoms with E-state index in [0.29, 0.717) is 24.0 Å². The second-order valence-electron chi connectivity index (χ2n) is 5.89. The van der Waals surface area contributed by atoms with Crippen LogP contribution in [0.15, 0.2) is 48.5 Å². The Kier molecular flexibility index (Phi) is 4.51. The van der Waals surface area contributed by atoms with Gasteiger partial charge in [-0.15, -0.1) is 0 Å². The molecule has 23 heavy (non-hydrogen) atoms. The van der Waals surface area contributed by atoms with E-state index >= 15 is 0 Å². The number of aryl methyl sites for hydroxylation is 1. The highest BCUT2D eigenvalue weighted by atomic mass is 16.5. The van der Waals surface area contributed by atoms with E-state index in [4.69, 9.17) is 4.74 Å². The molecule has 1 heterocycles. The highest BCUT2D eigenvalue weighted by molar-refractivity contribution is 5.95. The molecule has 1 N–H and O–H groups in total. The zero-order chi connectivity index (χ0) is 16.2. The lowest BCUT2D eigenvalue weighted by molar-refractivity contribution is -0.115. The molecule has 4 heteroatoms. The lowest BCUT2D eigenvalue weighted by Crippen LogP contribution is -2.42. The quantitative estimate of drug-likeness (QED) is 0.940. The molecule has 0 aliphatic carbocycles. The maximum Gasteiger partial charge on any atom is 0.244 e. The number of nitrogens with one attached hydrogen (secondary N) is 1. The van der Waals surface area contributed by atoms with Crippen molar-refractivity contribution in [3.8, 4) is 5.75 Å². The Hall–Kier alpha value is -2.49. The van der Waals surface area contributed by atoms with Crippen LogP contribution in [-0.4, -0.2) is 25.6 Å². The van der Waals surface area contributed by atoms with Gasteiger partial charge < -0.3 is 15.0 Å². The first-order valence-corrected chi connectivity index (χ1v) is 7.96. The summed E-state index contributed by atoms with van der Waals surface area (Å²) in [4.78, 5) is 14.7. The standard InChI is InChI=1S/C19H22N2O2/c1-14-11-12-15-7-3-5-9-17(15)21(14)13-19(22)20-16-8-4-6-10-18(16)23-2/h3-10,14H,11-13H2,1-2H3,(H,20,22)/t14-/m0/s1. The number of hydrogen-bond acceptors (Lipinski definition) is 3. The maximum absolute atomic E-state index is 12.5. The van der Waals surface area contributed by atoms with Crippen molar-refractivity contribution in [1.29, 1.82) is 0 Å². The maximum atomic E-state index is 12.5. The first kappa shape index (κ1) is 15.4. The molecular weight excluding hydrogens is 288 g/mol. The molecule has 0 bridgehead atoms. The SMILES string of the molecule is COc1ccccc1NC(=O)CN1c2ccccc2CC[C@@H]1C. The fourth-order valence-corrected chi connectivity index (χ4v) is 3.09. The zero-order valence-electron chi connectivity index (χ0n) is 13.6. The number of benzene rings is 2. The van der Waals surface area contributed by atoms with Gasteiger partial charge in [-0.2, -0.15) is 0 Å². The van der Waals surface area contributed by atoms with Gasteiger partial charge in [-0.25, -0.2) is 0 Å². The van der Waals surface area contributed by atoms with Gasteiger partial charge in [0.1, 0.15) is 5.75 Å². The highest BCUT2D eigenvalue weighted by Gasteiger charge is 2.24. The van der Waals surface area contributed by atoms with Crippen LogP contribution < -0.4 is 15.0 Å². The summed E-state index contributed by atoms with van der Waals surface area (Å²) in [7, 11) is 1.61. The molecule has 0 fully saturated rings. The predicted molar refractivity (Wildman–Crippen MR) is 93.2 cm³/mol. The molecular formula is C19H22N2O2. The van der Waals surface area contributed by atoms with Crippen molar-refractivity contribution < 1.29 is 9.53 Å². The number of ether oxygens (including phenoxy) is 1. The van der Waals surface area contributed by atoms with Crippen LogP contribution in [0.25, 0.3) is 0 Å². The third-order valence-electron chi connectivity index (χ3n) is 4.36. The summed E-state index contributed by atoms with van der Waals surface area (Å²) in [5.74, 6) is 0.644. The molecule has 0 spiro atoms. The highest BCUT2D eigenvalue weighted by Crippen LogP contribution is 2.30. The van der Waals surface area contributed by atoms with Gasteiger partial charge >= 0.3 is 0 Å². The number of methoxy groups -OCH3 is 1. The zero-order valence-corrected chi connectivity index (χ0v) is 13.6. The largest absolute Gasteiger partial charge is 0.495 e. The minimum Gasteiger partial charge on any atom is -0.495 e. The van der Waals surface area contributed by atoms with Crippen molar-refractivity contribution in [3.63, 3.8) is 0 Å². The number of rotatable bonds is 4. The van der Waals surface area contributed by atoms with E-state index in [1.165, 1.54) is 11.3 Å². The smallest absolute Gasteiger partial charge is 0.244 e. The van der Waals surface area contributed by atoms with Gasteiger partial charge in [0.05, 0.1) is 19.3 Å². The molecule has 4 nitrogen and oxygen atoms in total. The second-order valence-corrected chi connectivity index (χ2v) is 5.89. The van der Waals surface area contributed by atoms with Crippen molar-refractivity contribution in [2.75, 3.05) is 23.9 Å². The Morgan fingerprint density at radius 2 is 1.96 bits per heavy atom. The van der Waals surface area contributed by atoms with Gasteiger partial charge in [0.25, 0.3) is 0 Å². The molecule has 1 aliphatic heterocycles. The minimum atomic E-state index is -0.0296. The summed E-state index contributed by atoms with van der Waals surface area (Å²) in [6.07, 6.45) is 2.14. The Morgan fingerprint density at radius 1 is 1.22 bits per heavy atom. The summed E-state index contributed by atoms with van der Waals surface area (Å²) in [5.41, 5.74) is 3.19. The Bertz CT molecular complexity index is 699. The number of amides is 1. The number of para-hydroxylation sites is 3. The number of nitrogens with zero attached hydrogens (tertiary/aromatic N) is 1. The van der Waals surface area contributed by atoms with Crippen LogP contribution in [0, 0.1) is 0 Å². The van der Waals surface area contributed by atoms with Crippen molar-refractivity contribution in [2.45, 2.75) is 25.8 Å². The minimum absolute atomic E-state index is 0.0296. The van der Waals surface area contributed by atoms with Gasteiger partial charge in [-0.3, -0.25) is 4.79 Å². The normalized spacial score (nSPS) is 16.6. The molecule has 2 aromatic rings. The third kappa shape index (κ3) is 3.31. The van der Waals surface area contributed by atoms with Gasteiger partial charge in [-0.05, 0) is 43.5 Å². The lowest BCUT2D eigenvalue weighted by atomic mass is 9.96. The van der Waals surface area contributed by atoms with E-state index in [9.17, 15) is 4.79 Å². The topological polar surface area (TPSA) is 41.6 Å². The summed E-state index contributed by atoms with van der Waals surface area (Å²) < 4.78 is 5.29. The fraction of sp³-hybridized carbons (Fsp3) is 0.316. The van der Waals surface area contributed by atoms with Crippen LogP contribution in [0.5, 0.6) is 5.75 Å². The summed E-state index contributed by atoms with van der Waals surface area (Å²) in [6, 6.07) is 16.2. The number of hydrogen-bond donors (Lipinski definition) is 1.